The molecule has 0 saturated carbocycles. The van der Waals surface area contributed by atoms with Gasteiger partial charge in [-0.15, -0.1) is 0 Å². The van der Waals surface area contributed by atoms with E-state index in [1.54, 1.807) is 6.07 Å². The summed E-state index contributed by atoms with van der Waals surface area (Å²) < 4.78 is 11.7. The van der Waals surface area contributed by atoms with Crippen LogP contribution < -0.4 is 11.4 Å². The quantitative estimate of drug-likeness (QED) is 0.851. The predicted octanol–water partition coefficient (Wildman–Crippen LogP) is 1.71. The summed E-state index contributed by atoms with van der Waals surface area (Å²) in [5.41, 5.74) is 6.93. The Labute approximate surface area is 130 Å². The monoisotopic (exact) mass is 352 g/mol. The molecule has 6 heteroatoms. The molecule has 1 aliphatic rings. The van der Waals surface area contributed by atoms with Crippen molar-refractivity contribution in [3.63, 3.8) is 0 Å². The lowest BCUT2D eigenvalue weighted by atomic mass is 10.1. The lowest BCUT2D eigenvalue weighted by Crippen LogP contribution is -2.45. The number of benzene rings is 1. The topological polar surface area (TPSA) is 68.7 Å². The van der Waals surface area contributed by atoms with Gasteiger partial charge in [0.25, 0.3) is 0 Å². The summed E-state index contributed by atoms with van der Waals surface area (Å²) >= 11 is 3.39. The number of nitrogens with zero attached hydrogens (tertiary/aromatic N) is 1. The van der Waals surface area contributed by atoms with Crippen LogP contribution in [0.15, 0.2) is 37.9 Å². The Hall–Kier alpha value is -1.21. The van der Waals surface area contributed by atoms with Crippen molar-refractivity contribution in [1.82, 2.24) is 4.90 Å². The predicted molar refractivity (Wildman–Crippen MR) is 84.3 cm³/mol. The number of rotatable bonds is 3. The third-order valence-corrected chi connectivity index (χ3v) is 4.17. The summed E-state index contributed by atoms with van der Waals surface area (Å²) in [6.45, 7) is 3.51. The van der Waals surface area contributed by atoms with Crippen LogP contribution >= 0.6 is 15.9 Å². The number of hydrogen-bond donors (Lipinski definition) is 1. The number of fused-ring (bicyclic) bond motifs is 1. The molecule has 1 saturated heterocycles. The maximum Gasteiger partial charge on any atom is 0.336 e. The van der Waals surface area contributed by atoms with Crippen LogP contribution in [0.3, 0.4) is 0 Å². The largest absolute Gasteiger partial charge is 0.423 e. The Morgan fingerprint density at radius 2 is 2.24 bits per heavy atom. The molecule has 0 spiro atoms. The third kappa shape index (κ3) is 3.35. The molecule has 1 fully saturated rings. The smallest absolute Gasteiger partial charge is 0.336 e. The van der Waals surface area contributed by atoms with E-state index >= 15 is 0 Å². The second-order valence-electron chi connectivity index (χ2n) is 5.19. The normalized spacial score (nSPS) is 20.0. The van der Waals surface area contributed by atoms with Crippen molar-refractivity contribution in [2.75, 3.05) is 26.2 Å². The van der Waals surface area contributed by atoms with Crippen LogP contribution in [0.5, 0.6) is 0 Å². The lowest BCUT2D eigenvalue weighted by molar-refractivity contribution is -0.0259. The van der Waals surface area contributed by atoms with Crippen molar-refractivity contribution >= 4 is 26.9 Å². The Bertz CT molecular complexity index is 701. The van der Waals surface area contributed by atoms with Crippen LogP contribution in [-0.2, 0) is 11.3 Å². The standard InChI is InChI=1S/C15H17BrN2O3/c16-11-1-2-13-10(5-15(19)21-14(13)6-11)8-18-3-4-20-12(7-17)9-18/h1-2,5-6,12H,3-4,7-9,17H2. The molecule has 0 bridgehead atoms. The molecule has 0 amide bonds. The van der Waals surface area contributed by atoms with E-state index in [0.29, 0.717) is 25.3 Å². The highest BCUT2D eigenvalue weighted by molar-refractivity contribution is 9.10. The number of nitrogens with two attached hydrogens (primary N) is 1. The van der Waals surface area contributed by atoms with Gasteiger partial charge in [-0.05, 0) is 23.8 Å². The molecule has 21 heavy (non-hydrogen) atoms. The van der Waals surface area contributed by atoms with E-state index in [0.717, 1.165) is 28.5 Å². The Morgan fingerprint density at radius 1 is 1.38 bits per heavy atom. The van der Waals surface area contributed by atoms with E-state index in [1.165, 1.54) is 0 Å². The Morgan fingerprint density at radius 3 is 3.05 bits per heavy atom. The van der Waals surface area contributed by atoms with Gasteiger partial charge in [-0.3, -0.25) is 4.90 Å². The maximum atomic E-state index is 11.7. The number of morpholine rings is 1. The summed E-state index contributed by atoms with van der Waals surface area (Å²) in [7, 11) is 0. The maximum absolute atomic E-state index is 11.7. The van der Waals surface area contributed by atoms with Gasteiger partial charge in [-0.25, -0.2) is 4.79 Å². The van der Waals surface area contributed by atoms with Gasteiger partial charge in [0.15, 0.2) is 0 Å². The molecule has 2 N–H and O–H groups in total. The number of hydrogen-bond acceptors (Lipinski definition) is 5. The molecule has 1 aromatic heterocycles. The van der Waals surface area contributed by atoms with Gasteiger partial charge >= 0.3 is 5.63 Å². The summed E-state index contributed by atoms with van der Waals surface area (Å²) in [6.07, 6.45) is 0.0688. The highest BCUT2D eigenvalue weighted by Gasteiger charge is 2.20. The highest BCUT2D eigenvalue weighted by Crippen LogP contribution is 2.23. The molecule has 2 heterocycles. The fourth-order valence-corrected chi connectivity index (χ4v) is 2.98. The summed E-state index contributed by atoms with van der Waals surface area (Å²) in [6, 6.07) is 7.32. The average molecular weight is 353 g/mol. The first-order valence-electron chi connectivity index (χ1n) is 6.92. The van der Waals surface area contributed by atoms with Crippen molar-refractivity contribution in [2.45, 2.75) is 12.6 Å². The molecule has 0 aliphatic carbocycles. The van der Waals surface area contributed by atoms with Crippen LogP contribution in [0, 0.1) is 0 Å². The first-order valence-corrected chi connectivity index (χ1v) is 7.71. The van der Waals surface area contributed by atoms with Crippen LogP contribution in [0.4, 0.5) is 0 Å². The van der Waals surface area contributed by atoms with Gasteiger partial charge in [-0.1, -0.05) is 15.9 Å². The van der Waals surface area contributed by atoms with Gasteiger partial charge in [0, 0.05) is 42.1 Å². The molecule has 0 radical (unpaired) electrons. The van der Waals surface area contributed by atoms with Gasteiger partial charge in [-0.2, -0.15) is 0 Å². The zero-order valence-electron chi connectivity index (χ0n) is 11.5. The first-order chi connectivity index (χ1) is 10.2. The fourth-order valence-electron chi connectivity index (χ4n) is 2.64. The molecule has 3 rings (SSSR count). The molecular formula is C15H17BrN2O3. The zero-order valence-corrected chi connectivity index (χ0v) is 13.1. The number of halogens is 1. The average Bonchev–Trinajstić information content (AvgIpc) is 2.46. The van der Waals surface area contributed by atoms with Crippen LogP contribution in [0.2, 0.25) is 0 Å². The second kappa shape index (κ2) is 6.27. The van der Waals surface area contributed by atoms with E-state index in [9.17, 15) is 4.79 Å². The van der Waals surface area contributed by atoms with Crippen molar-refractivity contribution in [3.8, 4) is 0 Å². The minimum Gasteiger partial charge on any atom is -0.423 e. The molecule has 112 valence electrons. The molecule has 1 unspecified atom stereocenters. The lowest BCUT2D eigenvalue weighted by Gasteiger charge is -2.32. The van der Waals surface area contributed by atoms with E-state index in [2.05, 4.69) is 20.8 Å². The van der Waals surface area contributed by atoms with Crippen molar-refractivity contribution in [3.05, 3.63) is 44.7 Å². The van der Waals surface area contributed by atoms with Crippen LogP contribution in [0.1, 0.15) is 5.56 Å². The highest BCUT2D eigenvalue weighted by atomic mass is 79.9. The van der Waals surface area contributed by atoms with Crippen molar-refractivity contribution in [2.24, 2.45) is 5.73 Å². The summed E-state index contributed by atoms with van der Waals surface area (Å²) in [4.78, 5) is 14.0. The minimum atomic E-state index is -0.320. The van der Waals surface area contributed by atoms with Gasteiger partial charge in [0.1, 0.15) is 5.58 Å². The van der Waals surface area contributed by atoms with Crippen LogP contribution in [0.25, 0.3) is 11.0 Å². The molecule has 1 atom stereocenters. The molecule has 1 aliphatic heterocycles. The van der Waals surface area contributed by atoms with Gasteiger partial charge in [0.05, 0.1) is 12.7 Å². The molecule has 2 aromatic rings. The summed E-state index contributed by atoms with van der Waals surface area (Å²) in [5, 5.41) is 0.966. The van der Waals surface area contributed by atoms with Crippen molar-refractivity contribution < 1.29 is 9.15 Å². The summed E-state index contributed by atoms with van der Waals surface area (Å²) in [5.74, 6) is 0. The minimum absolute atomic E-state index is 0.0688. The Balaban J connectivity index is 1.91. The van der Waals surface area contributed by atoms with E-state index < -0.39 is 0 Å². The SMILES string of the molecule is NCC1CN(Cc2cc(=O)oc3cc(Br)ccc23)CCO1. The van der Waals surface area contributed by atoms with E-state index in [4.69, 9.17) is 14.9 Å². The Kier molecular flexibility index (Phi) is 4.40. The van der Waals surface area contributed by atoms with Crippen LogP contribution in [-0.4, -0.2) is 37.2 Å². The number of ether oxygens (including phenoxy) is 1. The zero-order chi connectivity index (χ0) is 14.8. The first kappa shape index (κ1) is 14.7. The van der Waals surface area contributed by atoms with E-state index in [1.807, 2.05) is 18.2 Å². The molecule has 5 nitrogen and oxygen atoms in total. The molecule has 1 aromatic carbocycles. The molecular weight excluding hydrogens is 336 g/mol. The van der Waals surface area contributed by atoms with Gasteiger partial charge < -0.3 is 14.9 Å². The second-order valence-corrected chi connectivity index (χ2v) is 6.11. The third-order valence-electron chi connectivity index (χ3n) is 3.67. The van der Waals surface area contributed by atoms with Crippen molar-refractivity contribution in [1.29, 1.82) is 0 Å². The fraction of sp³-hybridized carbons (Fsp3) is 0.400. The van der Waals surface area contributed by atoms with E-state index in [-0.39, 0.29) is 11.7 Å². The van der Waals surface area contributed by atoms with Gasteiger partial charge in [0.2, 0.25) is 0 Å².